The Balaban J connectivity index is 2.00. The Hall–Kier alpha value is -1.09. The molecule has 0 aliphatic heterocycles. The average molecular weight is 193 g/mol. The molecule has 0 saturated heterocycles. The maximum absolute atomic E-state index is 9.69. The molecule has 1 aliphatic carbocycles. The van der Waals surface area contributed by atoms with Crippen LogP contribution in [0.15, 0.2) is 18.3 Å². The van der Waals surface area contributed by atoms with Gasteiger partial charge >= 0.3 is 0 Å². The van der Waals surface area contributed by atoms with Crippen molar-refractivity contribution in [2.24, 2.45) is 0 Å². The first-order chi connectivity index (χ1) is 6.73. The Kier molecular flexibility index (Phi) is 2.42. The second-order valence-corrected chi connectivity index (χ2v) is 3.88. The minimum atomic E-state index is -0.400. The van der Waals surface area contributed by atoms with Gasteiger partial charge in [-0.05, 0) is 37.8 Å². The lowest BCUT2D eigenvalue weighted by molar-refractivity contribution is 0.140. The predicted octanol–water partition coefficient (Wildman–Crippen LogP) is 1.55. The standard InChI is InChI=1S/C11H15NO2/c1-14-10-3-2-8-12-9(10)4-5-11(13)6-7-11/h2-3,8,13H,4-7H2,1H3. The lowest BCUT2D eigenvalue weighted by Crippen LogP contribution is -2.09. The molecule has 1 heterocycles. The Morgan fingerprint density at radius 3 is 3.00 bits per heavy atom. The molecule has 1 N–H and O–H groups in total. The van der Waals surface area contributed by atoms with E-state index in [9.17, 15) is 5.11 Å². The lowest BCUT2D eigenvalue weighted by atomic mass is 10.1. The van der Waals surface area contributed by atoms with Crippen LogP contribution in [0.2, 0.25) is 0 Å². The summed E-state index contributed by atoms with van der Waals surface area (Å²) in [5.74, 6) is 0.816. The monoisotopic (exact) mass is 193 g/mol. The van der Waals surface area contributed by atoms with Crippen LogP contribution in [0.5, 0.6) is 5.75 Å². The largest absolute Gasteiger partial charge is 0.495 e. The van der Waals surface area contributed by atoms with E-state index in [1.807, 2.05) is 12.1 Å². The van der Waals surface area contributed by atoms with Gasteiger partial charge in [-0.2, -0.15) is 0 Å². The van der Waals surface area contributed by atoms with E-state index in [4.69, 9.17) is 4.74 Å². The summed E-state index contributed by atoms with van der Waals surface area (Å²) in [6.45, 7) is 0. The topological polar surface area (TPSA) is 42.4 Å². The fourth-order valence-electron chi connectivity index (χ4n) is 1.54. The molecule has 14 heavy (non-hydrogen) atoms. The summed E-state index contributed by atoms with van der Waals surface area (Å²) in [5.41, 5.74) is 0.540. The molecule has 2 rings (SSSR count). The molecule has 76 valence electrons. The van der Waals surface area contributed by atoms with E-state index >= 15 is 0 Å². The van der Waals surface area contributed by atoms with Crippen molar-refractivity contribution in [2.75, 3.05) is 7.11 Å². The Morgan fingerprint density at radius 1 is 1.57 bits per heavy atom. The van der Waals surface area contributed by atoms with Crippen LogP contribution in [0, 0.1) is 0 Å². The average Bonchev–Trinajstić information content (AvgIpc) is 2.95. The van der Waals surface area contributed by atoms with Crippen LogP contribution < -0.4 is 4.74 Å². The first-order valence-corrected chi connectivity index (χ1v) is 4.94. The normalized spacial score (nSPS) is 17.9. The molecule has 3 heteroatoms. The number of ether oxygens (including phenoxy) is 1. The molecular weight excluding hydrogens is 178 g/mol. The molecule has 0 spiro atoms. The highest BCUT2D eigenvalue weighted by molar-refractivity contribution is 5.27. The lowest BCUT2D eigenvalue weighted by Gasteiger charge is -2.09. The third-order valence-electron chi connectivity index (χ3n) is 2.72. The number of rotatable bonds is 4. The maximum Gasteiger partial charge on any atom is 0.140 e. The van der Waals surface area contributed by atoms with Crippen molar-refractivity contribution in [1.82, 2.24) is 4.98 Å². The van der Waals surface area contributed by atoms with E-state index in [-0.39, 0.29) is 0 Å². The van der Waals surface area contributed by atoms with Crippen LogP contribution in [0.3, 0.4) is 0 Å². The molecule has 3 nitrogen and oxygen atoms in total. The molecule has 0 atom stereocenters. The maximum atomic E-state index is 9.69. The molecule has 0 amide bonds. The number of aryl methyl sites for hydroxylation is 1. The van der Waals surface area contributed by atoms with Crippen molar-refractivity contribution in [1.29, 1.82) is 0 Å². The number of aromatic nitrogens is 1. The zero-order chi connectivity index (χ0) is 10.0. The van der Waals surface area contributed by atoms with E-state index in [0.29, 0.717) is 0 Å². The summed E-state index contributed by atoms with van der Waals surface area (Å²) in [4.78, 5) is 4.24. The molecule has 1 aromatic heterocycles. The van der Waals surface area contributed by atoms with Crippen LogP contribution in [0.25, 0.3) is 0 Å². The van der Waals surface area contributed by atoms with Gasteiger partial charge in [0.05, 0.1) is 18.4 Å². The van der Waals surface area contributed by atoms with E-state index in [1.54, 1.807) is 13.3 Å². The van der Waals surface area contributed by atoms with Crippen LogP contribution >= 0.6 is 0 Å². The molecule has 1 aromatic rings. The highest BCUT2D eigenvalue weighted by atomic mass is 16.5. The zero-order valence-corrected chi connectivity index (χ0v) is 8.36. The second-order valence-electron chi connectivity index (χ2n) is 3.88. The van der Waals surface area contributed by atoms with Crippen molar-refractivity contribution in [3.63, 3.8) is 0 Å². The summed E-state index contributed by atoms with van der Waals surface area (Å²) in [6.07, 6.45) is 5.21. The van der Waals surface area contributed by atoms with Crippen LogP contribution in [-0.4, -0.2) is 22.8 Å². The summed E-state index contributed by atoms with van der Waals surface area (Å²) in [5, 5.41) is 9.69. The predicted molar refractivity (Wildman–Crippen MR) is 53.3 cm³/mol. The molecule has 1 fully saturated rings. The van der Waals surface area contributed by atoms with Crippen LogP contribution in [0.1, 0.15) is 25.0 Å². The van der Waals surface area contributed by atoms with Crippen molar-refractivity contribution >= 4 is 0 Å². The van der Waals surface area contributed by atoms with Gasteiger partial charge in [0.25, 0.3) is 0 Å². The van der Waals surface area contributed by atoms with Gasteiger partial charge in [-0.25, -0.2) is 0 Å². The van der Waals surface area contributed by atoms with Crippen LogP contribution in [-0.2, 0) is 6.42 Å². The molecule has 0 radical (unpaired) electrons. The number of hydrogen-bond donors (Lipinski definition) is 1. The van der Waals surface area contributed by atoms with E-state index in [1.165, 1.54) is 0 Å². The minimum absolute atomic E-state index is 0.400. The van der Waals surface area contributed by atoms with Crippen molar-refractivity contribution in [3.05, 3.63) is 24.0 Å². The SMILES string of the molecule is COc1cccnc1CCC1(O)CC1. The number of methoxy groups -OCH3 is 1. The van der Waals surface area contributed by atoms with Crippen molar-refractivity contribution in [3.8, 4) is 5.75 Å². The fourth-order valence-corrected chi connectivity index (χ4v) is 1.54. The van der Waals surface area contributed by atoms with Gasteiger partial charge in [-0.1, -0.05) is 0 Å². The highest BCUT2D eigenvalue weighted by Crippen LogP contribution is 2.39. The van der Waals surface area contributed by atoms with Gasteiger partial charge in [0.1, 0.15) is 5.75 Å². The Bertz CT molecular complexity index is 321. The minimum Gasteiger partial charge on any atom is -0.495 e. The zero-order valence-electron chi connectivity index (χ0n) is 8.36. The highest BCUT2D eigenvalue weighted by Gasteiger charge is 2.39. The second kappa shape index (κ2) is 3.58. The van der Waals surface area contributed by atoms with E-state index in [2.05, 4.69) is 4.98 Å². The number of hydrogen-bond acceptors (Lipinski definition) is 3. The summed E-state index contributed by atoms with van der Waals surface area (Å²) in [6, 6.07) is 3.76. The van der Waals surface area contributed by atoms with Gasteiger partial charge in [-0.3, -0.25) is 4.98 Å². The summed E-state index contributed by atoms with van der Waals surface area (Å²) >= 11 is 0. The van der Waals surface area contributed by atoms with Gasteiger partial charge < -0.3 is 9.84 Å². The van der Waals surface area contributed by atoms with E-state index in [0.717, 1.165) is 37.1 Å². The van der Waals surface area contributed by atoms with E-state index < -0.39 is 5.60 Å². The third-order valence-corrected chi connectivity index (χ3v) is 2.72. The van der Waals surface area contributed by atoms with Gasteiger partial charge in [0.2, 0.25) is 0 Å². The molecule has 1 aliphatic rings. The smallest absolute Gasteiger partial charge is 0.140 e. The molecular formula is C11H15NO2. The number of aliphatic hydroxyl groups is 1. The fraction of sp³-hybridized carbons (Fsp3) is 0.545. The van der Waals surface area contributed by atoms with Crippen molar-refractivity contribution in [2.45, 2.75) is 31.3 Å². The molecule has 0 aromatic carbocycles. The molecule has 0 unspecified atom stereocenters. The van der Waals surface area contributed by atoms with Gasteiger partial charge in [0, 0.05) is 6.20 Å². The molecule has 1 saturated carbocycles. The number of pyridine rings is 1. The quantitative estimate of drug-likeness (QED) is 0.788. The summed E-state index contributed by atoms with van der Waals surface area (Å²) in [7, 11) is 1.65. The summed E-state index contributed by atoms with van der Waals surface area (Å²) < 4.78 is 5.19. The third kappa shape index (κ3) is 2.04. The van der Waals surface area contributed by atoms with Crippen molar-refractivity contribution < 1.29 is 9.84 Å². The molecule has 0 bridgehead atoms. The van der Waals surface area contributed by atoms with Gasteiger partial charge in [-0.15, -0.1) is 0 Å². The Labute approximate surface area is 83.7 Å². The van der Waals surface area contributed by atoms with Gasteiger partial charge in [0.15, 0.2) is 0 Å². The van der Waals surface area contributed by atoms with Crippen LogP contribution in [0.4, 0.5) is 0 Å². The first-order valence-electron chi connectivity index (χ1n) is 4.94. The first kappa shape index (κ1) is 9.46. The number of nitrogens with zero attached hydrogens (tertiary/aromatic N) is 1. The Morgan fingerprint density at radius 2 is 2.36 bits per heavy atom.